The molecule has 37 heavy (non-hydrogen) atoms. The molecule has 0 saturated heterocycles. The molecule has 2 saturated carbocycles. The predicted octanol–water partition coefficient (Wildman–Crippen LogP) is 5.74. The number of benzene rings is 3. The molecule has 0 aromatic heterocycles. The molecule has 192 valence electrons. The Hall–Kier alpha value is -3.29. The molecule has 0 radical (unpaired) electrons. The van der Waals surface area contributed by atoms with Gasteiger partial charge in [0, 0.05) is 19.0 Å². The van der Waals surface area contributed by atoms with Gasteiger partial charge in [-0.05, 0) is 52.1 Å². The van der Waals surface area contributed by atoms with E-state index >= 15 is 0 Å². The van der Waals surface area contributed by atoms with Gasteiger partial charge in [0.2, 0.25) is 0 Å². The Labute approximate surface area is 218 Å². The van der Waals surface area contributed by atoms with Gasteiger partial charge in [-0.1, -0.05) is 86.7 Å². The number of carbonyl (C=O) groups is 2. The molecular weight excluding hydrogens is 486 g/mol. The van der Waals surface area contributed by atoms with E-state index in [0.717, 1.165) is 28.0 Å². The van der Waals surface area contributed by atoms with Gasteiger partial charge in [-0.15, -0.1) is 4.28 Å². The van der Waals surface area contributed by atoms with Crippen molar-refractivity contribution in [2.24, 2.45) is 16.7 Å². The Morgan fingerprint density at radius 3 is 2.32 bits per heavy atom. The van der Waals surface area contributed by atoms with Crippen molar-refractivity contribution in [3.05, 3.63) is 83.4 Å². The van der Waals surface area contributed by atoms with Gasteiger partial charge in [-0.25, -0.2) is 5.06 Å². The molecule has 5 rings (SSSR count). The second-order valence-electron chi connectivity index (χ2n) is 10.7. The normalized spacial score (nSPS) is 22.7. The van der Waals surface area contributed by atoms with Crippen molar-refractivity contribution in [2.75, 3.05) is 12.8 Å². The minimum Gasteiger partial charge on any atom is -0.299 e. The van der Waals surface area contributed by atoms with Gasteiger partial charge in [-0.3, -0.25) is 9.59 Å². The SMILES string of the molecule is CN(OS(=O)(=O)CC12CCC(CC1=O)C2(C)C)C(=O)c1ccc(/C=C/c2ccccc2)c2ccccc12. The van der Waals surface area contributed by atoms with Crippen molar-refractivity contribution < 1.29 is 22.3 Å². The predicted molar refractivity (Wildman–Crippen MR) is 145 cm³/mol. The van der Waals surface area contributed by atoms with E-state index in [2.05, 4.69) is 0 Å². The Morgan fingerprint density at radius 2 is 1.68 bits per heavy atom. The Kier molecular flexibility index (Phi) is 6.32. The molecule has 2 aliphatic rings. The van der Waals surface area contributed by atoms with Crippen LogP contribution in [0, 0.1) is 16.7 Å². The van der Waals surface area contributed by atoms with E-state index < -0.39 is 32.6 Å². The largest absolute Gasteiger partial charge is 0.299 e. The van der Waals surface area contributed by atoms with Gasteiger partial charge in [-0.2, -0.15) is 8.42 Å². The van der Waals surface area contributed by atoms with Crippen LogP contribution in [0.2, 0.25) is 0 Å². The van der Waals surface area contributed by atoms with E-state index in [0.29, 0.717) is 23.8 Å². The minimum atomic E-state index is -4.19. The molecule has 1 amide bonds. The highest BCUT2D eigenvalue weighted by Crippen LogP contribution is 2.64. The van der Waals surface area contributed by atoms with Crippen molar-refractivity contribution in [2.45, 2.75) is 33.1 Å². The Morgan fingerprint density at radius 1 is 1.00 bits per heavy atom. The lowest BCUT2D eigenvalue weighted by Crippen LogP contribution is -2.44. The summed E-state index contributed by atoms with van der Waals surface area (Å²) in [6.45, 7) is 3.94. The lowest BCUT2D eigenvalue weighted by molar-refractivity contribution is -0.128. The summed E-state index contributed by atoms with van der Waals surface area (Å²) < 4.78 is 31.5. The van der Waals surface area contributed by atoms with Crippen molar-refractivity contribution in [3.8, 4) is 0 Å². The summed E-state index contributed by atoms with van der Waals surface area (Å²) in [5.74, 6) is -0.809. The average Bonchev–Trinajstić information content (AvgIpc) is 3.21. The first-order chi connectivity index (χ1) is 17.5. The smallest absolute Gasteiger partial charge is 0.289 e. The van der Waals surface area contributed by atoms with Crippen LogP contribution < -0.4 is 0 Å². The number of amides is 1. The monoisotopic (exact) mass is 517 g/mol. The third-order valence-electron chi connectivity index (χ3n) is 8.52. The summed E-state index contributed by atoms with van der Waals surface area (Å²) in [7, 11) is -2.89. The summed E-state index contributed by atoms with van der Waals surface area (Å²) >= 11 is 0. The number of Topliss-reactive ketones (excluding diaryl/α,β-unsaturated/α-hetero) is 1. The molecule has 0 N–H and O–H groups in total. The molecule has 3 aromatic carbocycles. The Balaban J connectivity index is 1.39. The van der Waals surface area contributed by atoms with Gasteiger partial charge in [0.15, 0.2) is 0 Å². The highest BCUT2D eigenvalue weighted by Gasteiger charge is 2.65. The van der Waals surface area contributed by atoms with E-state index in [-0.39, 0.29) is 11.7 Å². The number of nitrogens with zero attached hydrogens (tertiary/aromatic N) is 1. The molecule has 0 spiro atoms. The molecule has 3 aromatic rings. The van der Waals surface area contributed by atoms with Crippen molar-refractivity contribution in [3.63, 3.8) is 0 Å². The van der Waals surface area contributed by atoms with Gasteiger partial charge < -0.3 is 0 Å². The van der Waals surface area contributed by atoms with E-state index in [1.807, 2.05) is 86.7 Å². The zero-order chi connectivity index (χ0) is 26.4. The average molecular weight is 518 g/mol. The van der Waals surface area contributed by atoms with E-state index in [1.165, 1.54) is 7.05 Å². The number of carbonyl (C=O) groups excluding carboxylic acids is 2. The van der Waals surface area contributed by atoms with Crippen LogP contribution in [0.4, 0.5) is 0 Å². The van der Waals surface area contributed by atoms with Crippen molar-refractivity contribution >= 4 is 44.7 Å². The summed E-state index contributed by atoms with van der Waals surface area (Å²) in [6.07, 6.45) is 5.77. The van der Waals surface area contributed by atoms with Crippen LogP contribution in [-0.4, -0.2) is 38.0 Å². The van der Waals surface area contributed by atoms with Crippen LogP contribution in [0.1, 0.15) is 54.6 Å². The number of ketones is 1. The van der Waals surface area contributed by atoms with Crippen LogP contribution in [0.25, 0.3) is 22.9 Å². The Bertz CT molecular complexity index is 1510. The zero-order valence-electron chi connectivity index (χ0n) is 21.3. The highest BCUT2D eigenvalue weighted by molar-refractivity contribution is 7.86. The van der Waals surface area contributed by atoms with Crippen molar-refractivity contribution in [1.29, 1.82) is 0 Å². The first-order valence-electron chi connectivity index (χ1n) is 12.5. The maximum Gasteiger partial charge on any atom is 0.289 e. The van der Waals surface area contributed by atoms with E-state index in [4.69, 9.17) is 4.28 Å². The second kappa shape index (κ2) is 9.23. The third-order valence-corrected chi connectivity index (χ3v) is 9.81. The number of hydrogen-bond acceptors (Lipinski definition) is 5. The minimum absolute atomic E-state index is 0.0138. The number of fused-ring (bicyclic) bond motifs is 3. The molecule has 2 atom stereocenters. The van der Waals surface area contributed by atoms with Crippen LogP contribution >= 0.6 is 0 Å². The maximum absolute atomic E-state index is 13.4. The molecular formula is C30H31NO5S. The van der Waals surface area contributed by atoms with Crippen LogP contribution in [0.3, 0.4) is 0 Å². The second-order valence-corrected chi connectivity index (χ2v) is 12.3. The van der Waals surface area contributed by atoms with Gasteiger partial charge in [0.25, 0.3) is 16.0 Å². The zero-order valence-corrected chi connectivity index (χ0v) is 22.1. The van der Waals surface area contributed by atoms with Crippen LogP contribution in [-0.2, 0) is 19.2 Å². The van der Waals surface area contributed by atoms with Gasteiger partial charge in [0.1, 0.15) is 5.78 Å². The van der Waals surface area contributed by atoms with Crippen molar-refractivity contribution in [1.82, 2.24) is 5.06 Å². The molecule has 6 nitrogen and oxygen atoms in total. The summed E-state index contributed by atoms with van der Waals surface area (Å²) in [4.78, 5) is 26.2. The highest BCUT2D eigenvalue weighted by atomic mass is 32.2. The molecule has 0 heterocycles. The topological polar surface area (TPSA) is 80.8 Å². The van der Waals surface area contributed by atoms with Gasteiger partial charge in [0.05, 0.1) is 11.2 Å². The van der Waals surface area contributed by atoms with E-state index in [1.54, 1.807) is 6.07 Å². The molecule has 2 unspecified atom stereocenters. The summed E-state index contributed by atoms with van der Waals surface area (Å²) in [6, 6.07) is 20.9. The molecule has 0 aliphatic heterocycles. The molecule has 2 bridgehead atoms. The lowest BCUT2D eigenvalue weighted by Gasteiger charge is -2.36. The van der Waals surface area contributed by atoms with Gasteiger partial charge >= 0.3 is 0 Å². The summed E-state index contributed by atoms with van der Waals surface area (Å²) in [5, 5.41) is 2.33. The fourth-order valence-electron chi connectivity index (χ4n) is 6.21. The van der Waals surface area contributed by atoms with Crippen LogP contribution in [0.5, 0.6) is 0 Å². The molecule has 2 fully saturated rings. The lowest BCUT2D eigenvalue weighted by atomic mass is 9.70. The fourth-order valence-corrected chi connectivity index (χ4v) is 7.96. The fraction of sp³-hybridized carbons (Fsp3) is 0.333. The maximum atomic E-state index is 13.4. The summed E-state index contributed by atoms with van der Waals surface area (Å²) in [5.41, 5.74) is 0.954. The third kappa shape index (κ3) is 4.40. The molecule has 7 heteroatoms. The quantitative estimate of drug-likeness (QED) is 0.295. The number of hydrogen-bond donors (Lipinski definition) is 0. The van der Waals surface area contributed by atoms with Crippen LogP contribution in [0.15, 0.2) is 66.7 Å². The molecule has 2 aliphatic carbocycles. The number of hydroxylamine groups is 2. The van der Waals surface area contributed by atoms with E-state index in [9.17, 15) is 18.0 Å². The number of rotatable bonds is 7. The standard InChI is InChI=1S/C30H31NO5S/c1-29(2)23-17-18-30(29,27(32)19-23)20-37(34,35)36-31(3)28(33)26-16-15-22(24-11-7-8-12-25(24)26)14-13-21-9-5-4-6-10-21/h4-16,23H,17-20H2,1-3H3/b14-13+. The first-order valence-corrected chi connectivity index (χ1v) is 14.1. The first kappa shape index (κ1) is 25.4.